The smallest absolute Gasteiger partial charge is 0.273 e. The maximum Gasteiger partial charge on any atom is 0.273 e. The van der Waals surface area contributed by atoms with Gasteiger partial charge in [0.05, 0.1) is 4.92 Å². The van der Waals surface area contributed by atoms with E-state index in [2.05, 4.69) is 25.2 Å². The molecule has 0 aromatic heterocycles. The molecule has 1 aliphatic heterocycles. The SMILES string of the molecule is CC1(C)CC(=O)C2=C(C1)Nc1ccc3ccccc3c1[C@H]2c1ccccc1[N+](=O)[O-]. The molecule has 0 saturated heterocycles. The summed E-state index contributed by atoms with van der Waals surface area (Å²) in [6.07, 6.45) is 1.17. The second-order valence-corrected chi connectivity index (χ2v) is 8.96. The molecule has 1 N–H and O–H groups in total. The van der Waals surface area contributed by atoms with Crippen LogP contribution in [0.4, 0.5) is 11.4 Å². The molecule has 0 fully saturated rings. The van der Waals surface area contributed by atoms with Crippen molar-refractivity contribution in [2.24, 2.45) is 5.41 Å². The number of nitrogens with zero attached hydrogens (tertiary/aromatic N) is 1. The molecule has 150 valence electrons. The summed E-state index contributed by atoms with van der Waals surface area (Å²) in [6.45, 7) is 4.18. The van der Waals surface area contributed by atoms with Gasteiger partial charge in [-0.1, -0.05) is 62.4 Å². The lowest BCUT2D eigenvalue weighted by atomic mass is 9.68. The second kappa shape index (κ2) is 6.52. The number of nitrogens with one attached hydrogen (secondary N) is 1. The molecule has 3 aromatic rings. The van der Waals surface area contributed by atoms with E-state index >= 15 is 0 Å². The largest absolute Gasteiger partial charge is 0.358 e. The Hall–Kier alpha value is -3.47. The molecule has 0 radical (unpaired) electrons. The van der Waals surface area contributed by atoms with Crippen LogP contribution in [0.1, 0.15) is 43.7 Å². The first-order valence-electron chi connectivity index (χ1n) is 10.1. The van der Waals surface area contributed by atoms with Gasteiger partial charge in [0, 0.05) is 40.9 Å². The molecule has 0 bridgehead atoms. The van der Waals surface area contributed by atoms with Gasteiger partial charge in [0.15, 0.2) is 5.78 Å². The Bertz CT molecular complexity index is 1260. The van der Waals surface area contributed by atoms with Gasteiger partial charge in [-0.3, -0.25) is 14.9 Å². The fourth-order valence-electron chi connectivity index (χ4n) is 5.01. The number of ketones is 1. The van der Waals surface area contributed by atoms with Crippen molar-refractivity contribution in [2.45, 2.75) is 32.6 Å². The summed E-state index contributed by atoms with van der Waals surface area (Å²) in [6, 6.07) is 18.9. The number of anilines is 1. The standard InChI is InChI=1S/C25H22N2O3/c1-25(2)13-19-24(21(28)14-25)23(17-9-5-6-10-20(17)27(29)30)22-16-8-4-3-7-15(16)11-12-18(22)26-19/h3-12,23,26H,13-14H2,1-2H3/t23-/m1/s1. The van der Waals surface area contributed by atoms with E-state index in [-0.39, 0.29) is 21.8 Å². The first kappa shape index (κ1) is 18.6. The van der Waals surface area contributed by atoms with Crippen molar-refractivity contribution >= 4 is 27.9 Å². The van der Waals surface area contributed by atoms with E-state index in [0.717, 1.165) is 34.1 Å². The number of fused-ring (bicyclic) bond motifs is 3. The van der Waals surface area contributed by atoms with E-state index in [1.807, 2.05) is 36.4 Å². The molecule has 0 unspecified atom stereocenters. The predicted octanol–water partition coefficient (Wildman–Crippen LogP) is 5.95. The number of Topliss-reactive ketones (excluding diaryl/α,β-unsaturated/α-hetero) is 1. The van der Waals surface area contributed by atoms with Crippen LogP contribution in [0.5, 0.6) is 0 Å². The minimum Gasteiger partial charge on any atom is -0.358 e. The summed E-state index contributed by atoms with van der Waals surface area (Å²) in [5, 5.41) is 17.4. The van der Waals surface area contributed by atoms with E-state index < -0.39 is 5.92 Å². The first-order valence-corrected chi connectivity index (χ1v) is 10.1. The third-order valence-electron chi connectivity index (χ3n) is 6.20. The Morgan fingerprint density at radius 1 is 1.00 bits per heavy atom. The number of nitro benzene ring substituents is 1. The maximum absolute atomic E-state index is 13.4. The van der Waals surface area contributed by atoms with Crippen molar-refractivity contribution < 1.29 is 9.72 Å². The van der Waals surface area contributed by atoms with Crippen LogP contribution in [0.3, 0.4) is 0 Å². The number of benzene rings is 3. The number of carbonyl (C=O) groups is 1. The van der Waals surface area contributed by atoms with E-state index in [4.69, 9.17) is 0 Å². The lowest BCUT2D eigenvalue weighted by Gasteiger charge is -2.39. The minimum atomic E-state index is -0.465. The highest BCUT2D eigenvalue weighted by Gasteiger charge is 2.42. The molecular weight excluding hydrogens is 376 g/mol. The van der Waals surface area contributed by atoms with Crippen molar-refractivity contribution in [3.8, 4) is 0 Å². The van der Waals surface area contributed by atoms with Crippen molar-refractivity contribution in [2.75, 3.05) is 5.32 Å². The van der Waals surface area contributed by atoms with Crippen LogP contribution in [0.25, 0.3) is 10.8 Å². The zero-order valence-corrected chi connectivity index (χ0v) is 16.9. The number of hydrogen-bond donors (Lipinski definition) is 1. The van der Waals surface area contributed by atoms with E-state index in [1.165, 1.54) is 6.07 Å². The third-order valence-corrected chi connectivity index (χ3v) is 6.20. The number of hydrogen-bond acceptors (Lipinski definition) is 4. The van der Waals surface area contributed by atoms with Crippen molar-refractivity contribution in [3.63, 3.8) is 0 Å². The van der Waals surface area contributed by atoms with Gasteiger partial charge in [0.1, 0.15) is 0 Å². The highest BCUT2D eigenvalue weighted by atomic mass is 16.6. The molecule has 30 heavy (non-hydrogen) atoms. The fourth-order valence-corrected chi connectivity index (χ4v) is 5.01. The van der Waals surface area contributed by atoms with Gasteiger partial charge < -0.3 is 5.32 Å². The molecular formula is C25H22N2O3. The zero-order valence-electron chi connectivity index (χ0n) is 16.9. The van der Waals surface area contributed by atoms with Crippen LogP contribution in [0.2, 0.25) is 0 Å². The average Bonchev–Trinajstić information content (AvgIpc) is 2.71. The topological polar surface area (TPSA) is 72.2 Å². The normalized spacial score (nSPS) is 19.8. The van der Waals surface area contributed by atoms with Gasteiger partial charge in [-0.15, -0.1) is 0 Å². The summed E-state index contributed by atoms with van der Waals surface area (Å²) < 4.78 is 0. The monoisotopic (exact) mass is 398 g/mol. The molecule has 5 nitrogen and oxygen atoms in total. The zero-order chi connectivity index (χ0) is 21.0. The van der Waals surface area contributed by atoms with Crippen LogP contribution >= 0.6 is 0 Å². The Morgan fingerprint density at radius 3 is 2.53 bits per heavy atom. The van der Waals surface area contributed by atoms with Gasteiger partial charge in [-0.2, -0.15) is 0 Å². The molecule has 1 atom stereocenters. The Balaban J connectivity index is 1.86. The highest BCUT2D eigenvalue weighted by Crippen LogP contribution is 2.52. The third kappa shape index (κ3) is 2.81. The van der Waals surface area contributed by atoms with E-state index in [9.17, 15) is 14.9 Å². The van der Waals surface area contributed by atoms with E-state index in [0.29, 0.717) is 17.6 Å². The summed E-state index contributed by atoms with van der Waals surface area (Å²) in [5.74, 6) is -0.400. The molecule has 0 spiro atoms. The lowest BCUT2D eigenvalue weighted by Crippen LogP contribution is -2.34. The number of nitro groups is 1. The van der Waals surface area contributed by atoms with Crippen LogP contribution < -0.4 is 5.32 Å². The summed E-state index contributed by atoms with van der Waals surface area (Å²) >= 11 is 0. The quantitative estimate of drug-likeness (QED) is 0.428. The second-order valence-electron chi connectivity index (χ2n) is 8.96. The summed E-state index contributed by atoms with van der Waals surface area (Å²) in [5.41, 5.74) is 3.89. The van der Waals surface area contributed by atoms with Crippen molar-refractivity contribution in [1.29, 1.82) is 0 Å². The minimum absolute atomic E-state index is 0.0489. The molecule has 5 rings (SSSR count). The Labute approximate surface area is 174 Å². The maximum atomic E-state index is 13.4. The molecule has 3 aromatic carbocycles. The predicted molar refractivity (Wildman–Crippen MR) is 118 cm³/mol. The Kier molecular flexibility index (Phi) is 4.03. The highest BCUT2D eigenvalue weighted by molar-refractivity contribution is 6.04. The van der Waals surface area contributed by atoms with E-state index in [1.54, 1.807) is 12.1 Å². The van der Waals surface area contributed by atoms with Crippen LogP contribution in [0, 0.1) is 15.5 Å². The fraction of sp³-hybridized carbons (Fsp3) is 0.240. The van der Waals surface area contributed by atoms with Crippen molar-refractivity contribution in [1.82, 2.24) is 0 Å². The molecule has 0 amide bonds. The van der Waals surface area contributed by atoms with Crippen LogP contribution in [0.15, 0.2) is 71.9 Å². The van der Waals surface area contributed by atoms with Crippen molar-refractivity contribution in [3.05, 3.63) is 93.2 Å². The summed E-state index contributed by atoms with van der Waals surface area (Å²) in [4.78, 5) is 24.9. The summed E-state index contributed by atoms with van der Waals surface area (Å²) in [7, 11) is 0. The average molecular weight is 398 g/mol. The molecule has 5 heteroatoms. The number of para-hydroxylation sites is 1. The number of allylic oxidation sites excluding steroid dienone is 2. The number of rotatable bonds is 2. The van der Waals surface area contributed by atoms with Crippen LogP contribution in [-0.4, -0.2) is 10.7 Å². The lowest BCUT2D eigenvalue weighted by molar-refractivity contribution is -0.385. The van der Waals surface area contributed by atoms with Crippen LogP contribution in [-0.2, 0) is 4.79 Å². The number of carbonyl (C=O) groups excluding carboxylic acids is 1. The van der Waals surface area contributed by atoms with Gasteiger partial charge in [0.2, 0.25) is 0 Å². The van der Waals surface area contributed by atoms with Gasteiger partial charge in [0.25, 0.3) is 5.69 Å². The molecule has 1 heterocycles. The Morgan fingerprint density at radius 2 is 1.73 bits per heavy atom. The molecule has 1 aliphatic carbocycles. The molecule has 0 saturated carbocycles. The van der Waals surface area contributed by atoms with Gasteiger partial charge in [-0.05, 0) is 34.2 Å². The van der Waals surface area contributed by atoms with Gasteiger partial charge >= 0.3 is 0 Å². The first-order chi connectivity index (χ1) is 14.4. The molecule has 2 aliphatic rings. The van der Waals surface area contributed by atoms with Gasteiger partial charge in [-0.25, -0.2) is 0 Å².